The first-order valence-corrected chi connectivity index (χ1v) is 6.88. The molecular formula is C15H19FN2O4. The van der Waals surface area contributed by atoms with Crippen LogP contribution in [0.15, 0.2) is 24.3 Å². The van der Waals surface area contributed by atoms with Gasteiger partial charge in [-0.25, -0.2) is 9.18 Å². The lowest BCUT2D eigenvalue weighted by Crippen LogP contribution is -2.51. The number of rotatable bonds is 7. The van der Waals surface area contributed by atoms with Gasteiger partial charge in [0, 0.05) is 13.3 Å². The number of amides is 2. The summed E-state index contributed by atoms with van der Waals surface area (Å²) in [6, 6.07) is 3.58. The topological polar surface area (TPSA) is 95.5 Å². The van der Waals surface area contributed by atoms with Gasteiger partial charge < -0.3 is 15.7 Å². The van der Waals surface area contributed by atoms with Gasteiger partial charge in [0.15, 0.2) is 0 Å². The van der Waals surface area contributed by atoms with E-state index in [-0.39, 0.29) is 12.8 Å². The van der Waals surface area contributed by atoms with Crippen molar-refractivity contribution in [1.29, 1.82) is 0 Å². The zero-order chi connectivity index (χ0) is 16.7. The largest absolute Gasteiger partial charge is 0.480 e. The van der Waals surface area contributed by atoms with Crippen LogP contribution < -0.4 is 10.6 Å². The van der Waals surface area contributed by atoms with Crippen LogP contribution in [0.2, 0.25) is 0 Å². The van der Waals surface area contributed by atoms with Crippen LogP contribution in [0.5, 0.6) is 0 Å². The summed E-state index contributed by atoms with van der Waals surface area (Å²) >= 11 is 0. The SMILES string of the molecule is CC[C@@H](NC(=O)[C@H](Cc1ccc(F)cc1)NC(C)=O)C(=O)O. The third kappa shape index (κ3) is 5.51. The van der Waals surface area contributed by atoms with E-state index in [1.54, 1.807) is 6.92 Å². The minimum atomic E-state index is -1.14. The molecule has 7 heteroatoms. The van der Waals surface area contributed by atoms with E-state index in [1.807, 2.05) is 0 Å². The Kier molecular flexibility index (Phi) is 6.49. The van der Waals surface area contributed by atoms with Crippen molar-refractivity contribution in [3.8, 4) is 0 Å². The lowest BCUT2D eigenvalue weighted by molar-refractivity contribution is -0.142. The smallest absolute Gasteiger partial charge is 0.326 e. The Hall–Kier alpha value is -2.44. The predicted octanol–water partition coefficient (Wildman–Crippen LogP) is 0.852. The van der Waals surface area contributed by atoms with Crippen LogP contribution in [0.25, 0.3) is 0 Å². The van der Waals surface area contributed by atoms with Gasteiger partial charge in [0.2, 0.25) is 11.8 Å². The molecule has 0 bridgehead atoms. The molecule has 2 atom stereocenters. The maximum atomic E-state index is 12.9. The second kappa shape index (κ2) is 8.11. The van der Waals surface area contributed by atoms with Gasteiger partial charge in [-0.3, -0.25) is 9.59 Å². The summed E-state index contributed by atoms with van der Waals surface area (Å²) in [6.45, 7) is 2.89. The van der Waals surface area contributed by atoms with Crippen LogP contribution in [0.3, 0.4) is 0 Å². The molecule has 1 rings (SSSR count). The van der Waals surface area contributed by atoms with E-state index < -0.39 is 35.7 Å². The predicted molar refractivity (Wildman–Crippen MR) is 77.6 cm³/mol. The third-order valence-electron chi connectivity index (χ3n) is 3.07. The summed E-state index contributed by atoms with van der Waals surface area (Å²) in [7, 11) is 0. The van der Waals surface area contributed by atoms with Crippen LogP contribution in [0.1, 0.15) is 25.8 Å². The summed E-state index contributed by atoms with van der Waals surface area (Å²) in [4.78, 5) is 34.3. The molecule has 0 fully saturated rings. The monoisotopic (exact) mass is 310 g/mol. The summed E-state index contributed by atoms with van der Waals surface area (Å²) in [5, 5.41) is 13.8. The Labute approximate surface area is 127 Å². The summed E-state index contributed by atoms with van der Waals surface area (Å²) in [6.07, 6.45) is 0.367. The Morgan fingerprint density at radius 3 is 2.18 bits per heavy atom. The van der Waals surface area contributed by atoms with Crippen LogP contribution in [-0.4, -0.2) is 35.0 Å². The lowest BCUT2D eigenvalue weighted by Gasteiger charge is -2.20. The Morgan fingerprint density at radius 1 is 1.14 bits per heavy atom. The Morgan fingerprint density at radius 2 is 1.73 bits per heavy atom. The van der Waals surface area contributed by atoms with Crippen molar-refractivity contribution in [2.24, 2.45) is 0 Å². The number of aliphatic carboxylic acids is 1. The fourth-order valence-corrected chi connectivity index (χ4v) is 1.92. The molecule has 22 heavy (non-hydrogen) atoms. The number of hydrogen-bond acceptors (Lipinski definition) is 3. The second-order valence-corrected chi connectivity index (χ2v) is 4.89. The highest BCUT2D eigenvalue weighted by molar-refractivity contribution is 5.90. The second-order valence-electron chi connectivity index (χ2n) is 4.89. The van der Waals surface area contributed by atoms with Crippen LogP contribution >= 0.6 is 0 Å². The molecule has 3 N–H and O–H groups in total. The number of halogens is 1. The van der Waals surface area contributed by atoms with E-state index in [0.717, 1.165) is 0 Å². The van der Waals surface area contributed by atoms with Crippen LogP contribution in [0, 0.1) is 5.82 Å². The van der Waals surface area contributed by atoms with Gasteiger partial charge in [0.25, 0.3) is 0 Å². The molecule has 0 spiro atoms. The van der Waals surface area contributed by atoms with Crippen molar-refractivity contribution in [1.82, 2.24) is 10.6 Å². The number of carboxylic acid groups (broad SMARTS) is 1. The minimum Gasteiger partial charge on any atom is -0.480 e. The molecule has 0 radical (unpaired) electrons. The minimum absolute atomic E-state index is 0.141. The molecule has 0 heterocycles. The highest BCUT2D eigenvalue weighted by atomic mass is 19.1. The summed E-state index contributed by atoms with van der Waals surface area (Å²) < 4.78 is 12.9. The average Bonchev–Trinajstić information content (AvgIpc) is 2.45. The van der Waals surface area contributed by atoms with Gasteiger partial charge in [0.05, 0.1) is 0 Å². The van der Waals surface area contributed by atoms with E-state index in [2.05, 4.69) is 10.6 Å². The standard InChI is InChI=1S/C15H19FN2O4/c1-3-12(15(21)22)18-14(20)13(17-9(2)19)8-10-4-6-11(16)7-5-10/h4-7,12-13H,3,8H2,1-2H3,(H,17,19)(H,18,20)(H,21,22)/t12-,13+/m1/s1. The first kappa shape index (κ1) is 17.6. The number of benzene rings is 1. The lowest BCUT2D eigenvalue weighted by atomic mass is 10.0. The number of carbonyl (C=O) groups is 3. The van der Waals surface area contributed by atoms with Gasteiger partial charge >= 0.3 is 5.97 Å². The van der Waals surface area contributed by atoms with Crippen LogP contribution in [0.4, 0.5) is 4.39 Å². The zero-order valence-corrected chi connectivity index (χ0v) is 12.4. The number of nitrogens with one attached hydrogen (secondary N) is 2. The molecule has 1 aromatic carbocycles. The van der Waals surface area contributed by atoms with Crippen molar-refractivity contribution in [2.75, 3.05) is 0 Å². The van der Waals surface area contributed by atoms with E-state index in [0.29, 0.717) is 5.56 Å². The maximum Gasteiger partial charge on any atom is 0.326 e. The molecule has 0 unspecified atom stereocenters. The molecule has 0 aliphatic carbocycles. The fraction of sp³-hybridized carbons (Fsp3) is 0.400. The average molecular weight is 310 g/mol. The first-order chi connectivity index (χ1) is 10.3. The quantitative estimate of drug-likeness (QED) is 0.696. The molecule has 0 saturated carbocycles. The van der Waals surface area contributed by atoms with Crippen molar-refractivity contribution >= 4 is 17.8 Å². The first-order valence-electron chi connectivity index (χ1n) is 6.88. The van der Waals surface area contributed by atoms with Gasteiger partial charge in [-0.15, -0.1) is 0 Å². The molecule has 0 aliphatic heterocycles. The molecule has 0 aliphatic rings. The summed E-state index contributed by atoms with van der Waals surface area (Å²) in [5.41, 5.74) is 0.652. The van der Waals surface area contributed by atoms with Crippen molar-refractivity contribution in [3.05, 3.63) is 35.6 Å². The molecule has 2 amide bonds. The molecule has 0 saturated heterocycles. The van der Waals surface area contributed by atoms with Gasteiger partial charge in [-0.2, -0.15) is 0 Å². The molecule has 120 valence electrons. The van der Waals surface area contributed by atoms with Crippen molar-refractivity contribution in [3.63, 3.8) is 0 Å². The van der Waals surface area contributed by atoms with Gasteiger partial charge in [-0.1, -0.05) is 19.1 Å². The van der Waals surface area contributed by atoms with E-state index in [4.69, 9.17) is 5.11 Å². The molecule has 0 aromatic heterocycles. The third-order valence-corrected chi connectivity index (χ3v) is 3.07. The van der Waals surface area contributed by atoms with Gasteiger partial charge in [-0.05, 0) is 24.1 Å². The van der Waals surface area contributed by atoms with Gasteiger partial charge in [0.1, 0.15) is 17.9 Å². The fourth-order valence-electron chi connectivity index (χ4n) is 1.92. The van der Waals surface area contributed by atoms with Crippen molar-refractivity contribution < 1.29 is 23.9 Å². The summed E-state index contributed by atoms with van der Waals surface area (Å²) in [5.74, 6) is -2.54. The number of carbonyl (C=O) groups excluding carboxylic acids is 2. The Balaban J connectivity index is 2.82. The Bertz CT molecular complexity index is 545. The van der Waals surface area contributed by atoms with Crippen LogP contribution in [-0.2, 0) is 20.8 Å². The van der Waals surface area contributed by atoms with Crippen molar-refractivity contribution in [2.45, 2.75) is 38.8 Å². The highest BCUT2D eigenvalue weighted by Gasteiger charge is 2.25. The maximum absolute atomic E-state index is 12.9. The zero-order valence-electron chi connectivity index (χ0n) is 12.4. The molecular weight excluding hydrogens is 291 g/mol. The molecule has 6 nitrogen and oxygen atoms in total. The van der Waals surface area contributed by atoms with E-state index >= 15 is 0 Å². The van der Waals surface area contributed by atoms with E-state index in [9.17, 15) is 18.8 Å². The number of hydrogen-bond donors (Lipinski definition) is 3. The number of carboxylic acids is 1. The normalized spacial score (nSPS) is 13.0. The van der Waals surface area contributed by atoms with E-state index in [1.165, 1.54) is 31.2 Å². The highest BCUT2D eigenvalue weighted by Crippen LogP contribution is 2.07. The molecule has 1 aromatic rings.